The standard InChI is InChI=1S/C15H26N2/c1-6-12-11-9-10-16-13(11)14(17(12)8-3)15(4,5)7-2/h9-10,12,14,16H,6-8H2,1-5H3. The fourth-order valence-electron chi connectivity index (χ4n) is 3.34. The number of rotatable bonds is 4. The number of nitrogens with zero attached hydrogens (tertiary/aromatic N) is 1. The molecule has 2 heterocycles. The van der Waals surface area contributed by atoms with Gasteiger partial charge >= 0.3 is 0 Å². The van der Waals surface area contributed by atoms with Gasteiger partial charge in [0.15, 0.2) is 0 Å². The monoisotopic (exact) mass is 234 g/mol. The van der Waals surface area contributed by atoms with Gasteiger partial charge in [0.1, 0.15) is 0 Å². The first-order valence-corrected chi connectivity index (χ1v) is 6.99. The smallest absolute Gasteiger partial charge is 0.0558 e. The first-order valence-electron chi connectivity index (χ1n) is 6.99. The summed E-state index contributed by atoms with van der Waals surface area (Å²) in [6.45, 7) is 12.8. The summed E-state index contributed by atoms with van der Waals surface area (Å²) in [6, 6.07) is 3.43. The molecule has 1 N–H and O–H groups in total. The summed E-state index contributed by atoms with van der Waals surface area (Å²) in [5, 5.41) is 0. The van der Waals surface area contributed by atoms with E-state index in [1.54, 1.807) is 0 Å². The molecule has 2 nitrogen and oxygen atoms in total. The molecule has 96 valence electrons. The molecule has 1 aliphatic heterocycles. The minimum atomic E-state index is 0.333. The number of aromatic amines is 1. The second-order valence-electron chi connectivity index (χ2n) is 5.85. The average Bonchev–Trinajstić information content (AvgIpc) is 2.86. The molecule has 0 amide bonds. The SMILES string of the molecule is CCC1c2cc[nH]c2C(C(C)(C)CC)N1CC. The number of H-pyrrole nitrogens is 1. The topological polar surface area (TPSA) is 19.0 Å². The Morgan fingerprint density at radius 1 is 1.29 bits per heavy atom. The Balaban J connectivity index is 2.44. The number of hydrogen-bond donors (Lipinski definition) is 1. The van der Waals surface area contributed by atoms with Crippen molar-refractivity contribution in [2.75, 3.05) is 6.54 Å². The van der Waals surface area contributed by atoms with Crippen molar-refractivity contribution in [3.8, 4) is 0 Å². The van der Waals surface area contributed by atoms with Crippen LogP contribution in [-0.4, -0.2) is 16.4 Å². The maximum Gasteiger partial charge on any atom is 0.0558 e. The molecule has 0 aliphatic carbocycles. The van der Waals surface area contributed by atoms with Crippen molar-refractivity contribution in [2.24, 2.45) is 5.41 Å². The molecule has 1 aliphatic rings. The van der Waals surface area contributed by atoms with E-state index < -0.39 is 0 Å². The summed E-state index contributed by atoms with van der Waals surface area (Å²) in [4.78, 5) is 6.17. The molecule has 0 radical (unpaired) electrons. The molecule has 0 saturated heterocycles. The summed E-state index contributed by atoms with van der Waals surface area (Å²) < 4.78 is 0. The zero-order valence-electron chi connectivity index (χ0n) is 11.9. The van der Waals surface area contributed by atoms with Crippen molar-refractivity contribution >= 4 is 0 Å². The van der Waals surface area contributed by atoms with Crippen molar-refractivity contribution in [1.29, 1.82) is 0 Å². The molecule has 0 spiro atoms. The van der Waals surface area contributed by atoms with Crippen LogP contribution in [0.15, 0.2) is 12.3 Å². The van der Waals surface area contributed by atoms with Gasteiger partial charge in [-0.3, -0.25) is 4.90 Å². The van der Waals surface area contributed by atoms with Crippen LogP contribution in [0.2, 0.25) is 0 Å². The molecule has 17 heavy (non-hydrogen) atoms. The summed E-state index contributed by atoms with van der Waals surface area (Å²) in [5.74, 6) is 0. The molecule has 0 aromatic carbocycles. The highest BCUT2D eigenvalue weighted by Gasteiger charge is 2.44. The third kappa shape index (κ3) is 1.83. The molecular weight excluding hydrogens is 208 g/mol. The number of aromatic nitrogens is 1. The van der Waals surface area contributed by atoms with Crippen molar-refractivity contribution in [3.05, 3.63) is 23.5 Å². The third-order valence-electron chi connectivity index (χ3n) is 4.58. The Morgan fingerprint density at radius 2 is 2.00 bits per heavy atom. The fraction of sp³-hybridized carbons (Fsp3) is 0.733. The largest absolute Gasteiger partial charge is 0.363 e. The maximum absolute atomic E-state index is 3.50. The quantitative estimate of drug-likeness (QED) is 0.824. The van der Waals surface area contributed by atoms with Crippen LogP contribution in [0.3, 0.4) is 0 Å². The van der Waals surface area contributed by atoms with Gasteiger partial charge in [0.25, 0.3) is 0 Å². The van der Waals surface area contributed by atoms with E-state index in [4.69, 9.17) is 0 Å². The lowest BCUT2D eigenvalue weighted by molar-refractivity contribution is 0.0677. The van der Waals surface area contributed by atoms with E-state index in [9.17, 15) is 0 Å². The lowest BCUT2D eigenvalue weighted by Gasteiger charge is -2.39. The second kappa shape index (κ2) is 4.49. The van der Waals surface area contributed by atoms with Crippen LogP contribution in [0.5, 0.6) is 0 Å². The summed E-state index contributed by atoms with van der Waals surface area (Å²) in [5.41, 5.74) is 3.32. The van der Waals surface area contributed by atoms with Crippen molar-refractivity contribution < 1.29 is 0 Å². The molecular formula is C15H26N2. The molecule has 2 atom stereocenters. The maximum atomic E-state index is 3.50. The first-order chi connectivity index (χ1) is 8.06. The summed E-state index contributed by atoms with van der Waals surface area (Å²) in [7, 11) is 0. The highest BCUT2D eigenvalue weighted by molar-refractivity contribution is 5.34. The van der Waals surface area contributed by atoms with E-state index in [1.807, 2.05) is 0 Å². The van der Waals surface area contributed by atoms with Gasteiger partial charge in [-0.25, -0.2) is 0 Å². The Morgan fingerprint density at radius 3 is 2.53 bits per heavy atom. The van der Waals surface area contributed by atoms with Gasteiger partial charge in [0.05, 0.1) is 6.04 Å². The van der Waals surface area contributed by atoms with Gasteiger partial charge < -0.3 is 4.98 Å². The van der Waals surface area contributed by atoms with Gasteiger partial charge in [0.2, 0.25) is 0 Å². The van der Waals surface area contributed by atoms with E-state index in [1.165, 1.54) is 24.1 Å². The van der Waals surface area contributed by atoms with Crippen molar-refractivity contribution in [2.45, 2.75) is 59.5 Å². The van der Waals surface area contributed by atoms with E-state index in [2.05, 4.69) is 56.8 Å². The zero-order chi connectivity index (χ0) is 12.6. The molecule has 2 heteroatoms. The van der Waals surface area contributed by atoms with Crippen LogP contribution in [0, 0.1) is 5.41 Å². The third-order valence-corrected chi connectivity index (χ3v) is 4.58. The highest BCUT2D eigenvalue weighted by Crippen LogP contribution is 2.51. The van der Waals surface area contributed by atoms with Crippen LogP contribution < -0.4 is 0 Å². The second-order valence-corrected chi connectivity index (χ2v) is 5.85. The predicted molar refractivity (Wildman–Crippen MR) is 73.0 cm³/mol. The summed E-state index contributed by atoms with van der Waals surface area (Å²) >= 11 is 0. The number of hydrogen-bond acceptors (Lipinski definition) is 1. The minimum Gasteiger partial charge on any atom is -0.363 e. The van der Waals surface area contributed by atoms with Gasteiger partial charge in [-0.15, -0.1) is 0 Å². The van der Waals surface area contributed by atoms with Gasteiger partial charge in [0, 0.05) is 17.9 Å². The van der Waals surface area contributed by atoms with Crippen LogP contribution >= 0.6 is 0 Å². The van der Waals surface area contributed by atoms with E-state index >= 15 is 0 Å². The van der Waals surface area contributed by atoms with Crippen LogP contribution in [0.4, 0.5) is 0 Å². The lowest BCUT2D eigenvalue weighted by atomic mass is 9.80. The van der Waals surface area contributed by atoms with Gasteiger partial charge in [-0.1, -0.05) is 34.6 Å². The van der Waals surface area contributed by atoms with Crippen LogP contribution in [0.25, 0.3) is 0 Å². The first kappa shape index (κ1) is 12.7. The van der Waals surface area contributed by atoms with Crippen molar-refractivity contribution in [3.63, 3.8) is 0 Å². The highest BCUT2D eigenvalue weighted by atomic mass is 15.2. The summed E-state index contributed by atoms with van der Waals surface area (Å²) in [6.07, 6.45) is 4.52. The Labute approximate surface area is 105 Å². The number of nitrogens with one attached hydrogen (secondary N) is 1. The molecule has 0 fully saturated rings. The zero-order valence-corrected chi connectivity index (χ0v) is 11.9. The van der Waals surface area contributed by atoms with Crippen LogP contribution in [-0.2, 0) is 0 Å². The lowest BCUT2D eigenvalue weighted by Crippen LogP contribution is -2.35. The Bertz CT molecular complexity index is 378. The van der Waals surface area contributed by atoms with Gasteiger partial charge in [-0.05, 0) is 36.4 Å². The molecule has 1 aromatic rings. The molecule has 0 bridgehead atoms. The Kier molecular flexibility index (Phi) is 3.35. The molecule has 2 unspecified atom stereocenters. The van der Waals surface area contributed by atoms with Crippen molar-refractivity contribution in [1.82, 2.24) is 9.88 Å². The predicted octanol–water partition coefficient (Wildman–Crippen LogP) is 4.28. The number of fused-ring (bicyclic) bond motifs is 1. The van der Waals surface area contributed by atoms with E-state index in [-0.39, 0.29) is 0 Å². The Hall–Kier alpha value is -0.760. The molecule has 0 saturated carbocycles. The average molecular weight is 234 g/mol. The molecule has 2 rings (SSSR count). The van der Waals surface area contributed by atoms with E-state index in [0.717, 1.165) is 6.54 Å². The molecule has 1 aromatic heterocycles. The van der Waals surface area contributed by atoms with E-state index in [0.29, 0.717) is 17.5 Å². The normalized spacial score (nSPS) is 25.2. The minimum absolute atomic E-state index is 0.333. The van der Waals surface area contributed by atoms with Crippen LogP contribution in [0.1, 0.15) is 70.8 Å². The fourth-order valence-corrected chi connectivity index (χ4v) is 3.34. The van der Waals surface area contributed by atoms with Gasteiger partial charge in [-0.2, -0.15) is 0 Å².